The molecule has 1 aromatic rings. The topological polar surface area (TPSA) is 38.7 Å². The van der Waals surface area contributed by atoms with Crippen LogP contribution in [-0.4, -0.2) is 18.1 Å². The highest BCUT2D eigenvalue weighted by atomic mass is 32.3. The lowest BCUT2D eigenvalue weighted by Crippen LogP contribution is -2.15. The Morgan fingerprint density at radius 1 is 1.33 bits per heavy atom. The Bertz CT molecular complexity index is 526. The second-order valence-corrected chi connectivity index (χ2v) is 5.33. The number of carbonyl (C=O) groups is 1. The van der Waals surface area contributed by atoms with Crippen LogP contribution in [0.5, 0.6) is 0 Å². The van der Waals surface area contributed by atoms with E-state index in [4.69, 9.17) is 0 Å². The SMILES string of the molecule is COC(=O)C1=NC(Cc2ccccc2)=CS1(F)F. The smallest absolute Gasteiger partial charge is 0.367 e. The number of carbonyl (C=O) groups excluding carboxylic acids is 1. The Hall–Kier alpha value is -1.69. The van der Waals surface area contributed by atoms with Gasteiger partial charge in [-0.15, -0.1) is 7.77 Å². The molecule has 0 saturated heterocycles. The molecule has 0 spiro atoms. The highest BCUT2D eigenvalue weighted by Crippen LogP contribution is 2.59. The molecule has 1 heterocycles. The van der Waals surface area contributed by atoms with E-state index < -0.39 is 21.8 Å². The Morgan fingerprint density at radius 3 is 2.61 bits per heavy atom. The summed E-state index contributed by atoms with van der Waals surface area (Å²) in [6, 6.07) is 9.12. The van der Waals surface area contributed by atoms with Crippen molar-refractivity contribution in [2.75, 3.05) is 7.11 Å². The van der Waals surface area contributed by atoms with Gasteiger partial charge >= 0.3 is 5.97 Å². The second kappa shape index (κ2) is 4.89. The van der Waals surface area contributed by atoms with E-state index in [1.807, 2.05) is 30.3 Å². The summed E-state index contributed by atoms with van der Waals surface area (Å²) in [7, 11) is -3.19. The molecule has 0 saturated carbocycles. The molecule has 0 radical (unpaired) electrons. The van der Waals surface area contributed by atoms with Gasteiger partial charge in [-0.1, -0.05) is 30.3 Å². The molecule has 0 fully saturated rings. The third-order valence-electron chi connectivity index (χ3n) is 2.38. The Labute approximate surface area is 105 Å². The van der Waals surface area contributed by atoms with E-state index in [9.17, 15) is 12.6 Å². The van der Waals surface area contributed by atoms with Crippen LogP contribution >= 0.6 is 10.8 Å². The molecule has 0 atom stereocenters. The number of halogens is 2. The number of rotatable bonds is 3. The Balaban J connectivity index is 2.21. The maximum atomic E-state index is 13.6. The molecule has 18 heavy (non-hydrogen) atoms. The molecule has 2 rings (SSSR count). The van der Waals surface area contributed by atoms with Gasteiger partial charge in [0.25, 0.3) is 0 Å². The van der Waals surface area contributed by atoms with Gasteiger partial charge in [0.1, 0.15) is 10.8 Å². The van der Waals surface area contributed by atoms with Gasteiger partial charge < -0.3 is 4.74 Å². The lowest BCUT2D eigenvalue weighted by atomic mass is 10.1. The van der Waals surface area contributed by atoms with Crippen molar-refractivity contribution in [3.05, 3.63) is 47.0 Å². The van der Waals surface area contributed by atoms with Crippen molar-refractivity contribution >= 4 is 21.8 Å². The number of allylic oxidation sites excluding steroid dienone is 1. The molecule has 0 amide bonds. The summed E-state index contributed by atoms with van der Waals surface area (Å²) in [5.74, 6) is -1.06. The van der Waals surface area contributed by atoms with Gasteiger partial charge in [0.15, 0.2) is 0 Å². The molecular weight excluding hydrogens is 260 g/mol. The zero-order chi connectivity index (χ0) is 13.2. The first-order chi connectivity index (χ1) is 8.53. The minimum absolute atomic E-state index is 0.210. The van der Waals surface area contributed by atoms with E-state index >= 15 is 0 Å². The summed E-state index contributed by atoms with van der Waals surface area (Å²) >= 11 is 0. The average Bonchev–Trinajstić information content (AvgIpc) is 2.64. The fraction of sp³-hybridized carbons (Fsp3) is 0.167. The van der Waals surface area contributed by atoms with Gasteiger partial charge in [-0.2, -0.15) is 0 Å². The summed E-state index contributed by atoms with van der Waals surface area (Å²) in [5.41, 5.74) is 1.08. The summed E-state index contributed by atoms with van der Waals surface area (Å²) in [6.45, 7) is 0. The zero-order valence-corrected chi connectivity index (χ0v) is 10.4. The van der Waals surface area contributed by atoms with Crippen LogP contribution in [-0.2, 0) is 16.0 Å². The lowest BCUT2D eigenvalue weighted by molar-refractivity contribution is -0.132. The van der Waals surface area contributed by atoms with Crippen LogP contribution in [0.25, 0.3) is 0 Å². The monoisotopic (exact) mass is 271 g/mol. The molecule has 0 aliphatic carbocycles. The highest BCUT2D eigenvalue weighted by molar-refractivity contribution is 8.41. The number of hydrogen-bond acceptors (Lipinski definition) is 3. The number of benzene rings is 1. The summed E-state index contributed by atoms with van der Waals surface area (Å²) in [6.07, 6.45) is 0.282. The van der Waals surface area contributed by atoms with Crippen molar-refractivity contribution in [3.8, 4) is 0 Å². The normalized spacial score (nSPS) is 18.8. The van der Waals surface area contributed by atoms with E-state index in [2.05, 4.69) is 9.73 Å². The van der Waals surface area contributed by atoms with Crippen LogP contribution in [0.3, 0.4) is 0 Å². The van der Waals surface area contributed by atoms with Gasteiger partial charge in [0.05, 0.1) is 12.8 Å². The molecule has 0 N–H and O–H groups in total. The molecule has 6 heteroatoms. The van der Waals surface area contributed by atoms with Gasteiger partial charge in [-0.3, -0.25) is 0 Å². The fourth-order valence-corrected chi connectivity index (χ4v) is 2.71. The second-order valence-electron chi connectivity index (χ2n) is 3.69. The third kappa shape index (κ3) is 2.59. The highest BCUT2D eigenvalue weighted by Gasteiger charge is 2.39. The van der Waals surface area contributed by atoms with Crippen LogP contribution in [0.1, 0.15) is 5.56 Å². The molecule has 0 aromatic heterocycles. The first kappa shape index (κ1) is 12.8. The summed E-state index contributed by atoms with van der Waals surface area (Å²) < 4.78 is 31.5. The zero-order valence-electron chi connectivity index (χ0n) is 9.60. The Morgan fingerprint density at radius 2 is 2.00 bits per heavy atom. The maximum absolute atomic E-state index is 13.6. The third-order valence-corrected chi connectivity index (χ3v) is 3.72. The van der Waals surface area contributed by atoms with Gasteiger partial charge in [-0.25, -0.2) is 9.79 Å². The quantitative estimate of drug-likeness (QED) is 0.792. The number of ether oxygens (including phenoxy) is 1. The van der Waals surface area contributed by atoms with Crippen LogP contribution in [0, 0.1) is 0 Å². The van der Waals surface area contributed by atoms with Crippen LogP contribution in [0.2, 0.25) is 0 Å². The summed E-state index contributed by atoms with van der Waals surface area (Å²) in [4.78, 5) is 14.9. The fourth-order valence-electron chi connectivity index (χ4n) is 1.57. The van der Waals surface area contributed by atoms with E-state index in [1.54, 1.807) is 0 Å². The van der Waals surface area contributed by atoms with Gasteiger partial charge in [0, 0.05) is 11.8 Å². The number of nitrogens with zero attached hydrogens (tertiary/aromatic N) is 1. The molecular formula is C12H11F2NO2S. The average molecular weight is 271 g/mol. The lowest BCUT2D eigenvalue weighted by Gasteiger charge is -2.11. The Kier molecular flexibility index (Phi) is 3.47. The molecule has 0 unspecified atom stereocenters. The molecule has 3 nitrogen and oxygen atoms in total. The molecule has 1 aromatic carbocycles. The molecule has 0 bridgehead atoms. The van der Waals surface area contributed by atoms with Crippen molar-refractivity contribution in [2.24, 2.45) is 4.99 Å². The first-order valence-corrected chi connectivity index (χ1v) is 6.67. The van der Waals surface area contributed by atoms with E-state index in [0.29, 0.717) is 0 Å². The minimum atomic E-state index is -4.25. The number of methoxy groups -OCH3 is 1. The standard InChI is InChI=1S/C12H11F2NO2S/c1-17-12(16)11-15-10(8-18(11,13)14)7-9-5-3-2-4-6-9/h2-6,8H,7H2,1H3. The number of hydrogen-bond donors (Lipinski definition) is 0. The van der Waals surface area contributed by atoms with Crippen LogP contribution in [0.15, 0.2) is 46.4 Å². The van der Waals surface area contributed by atoms with Crippen LogP contribution < -0.4 is 0 Å². The van der Waals surface area contributed by atoms with Crippen LogP contribution in [0.4, 0.5) is 7.77 Å². The predicted molar refractivity (Wildman–Crippen MR) is 67.5 cm³/mol. The van der Waals surface area contributed by atoms with Crippen molar-refractivity contribution in [3.63, 3.8) is 0 Å². The van der Waals surface area contributed by atoms with E-state index in [1.165, 1.54) is 0 Å². The van der Waals surface area contributed by atoms with Gasteiger partial charge in [-0.05, 0) is 5.56 Å². The van der Waals surface area contributed by atoms with Crippen molar-refractivity contribution in [2.45, 2.75) is 6.42 Å². The molecule has 1 aliphatic heterocycles. The number of aliphatic imine (C=N–C) groups is 1. The minimum Gasteiger partial charge on any atom is -0.464 e. The number of esters is 1. The maximum Gasteiger partial charge on any atom is 0.367 e. The van der Waals surface area contributed by atoms with Crippen molar-refractivity contribution in [1.82, 2.24) is 0 Å². The largest absolute Gasteiger partial charge is 0.464 e. The van der Waals surface area contributed by atoms with Gasteiger partial charge in [0.2, 0.25) is 5.04 Å². The molecule has 96 valence electrons. The van der Waals surface area contributed by atoms with E-state index in [0.717, 1.165) is 18.1 Å². The van der Waals surface area contributed by atoms with E-state index in [-0.39, 0.29) is 12.1 Å². The first-order valence-electron chi connectivity index (χ1n) is 5.17. The van der Waals surface area contributed by atoms with Crippen molar-refractivity contribution in [1.29, 1.82) is 0 Å². The summed E-state index contributed by atoms with van der Waals surface area (Å²) in [5, 5.41) is 0.0163. The predicted octanol–water partition coefficient (Wildman–Crippen LogP) is 3.23. The van der Waals surface area contributed by atoms with Crippen molar-refractivity contribution < 1.29 is 17.3 Å². The molecule has 1 aliphatic rings.